The molecule has 0 radical (unpaired) electrons. The monoisotopic (exact) mass is 1100 g/mol. The Morgan fingerprint density at radius 2 is 0.779 bits per heavy atom. The first-order valence-corrected chi connectivity index (χ1v) is 33.9. The lowest BCUT2D eigenvalue weighted by molar-refractivity contribution is -0.870. The number of likely N-dealkylation sites (N-methyl/N-ethyl adjacent to an activating group) is 1. The minimum absolute atomic E-state index is 0.0666. The van der Waals surface area contributed by atoms with Crippen LogP contribution in [0.15, 0.2) is 85.1 Å². The quantitative estimate of drug-likeness (QED) is 0.0243. The van der Waals surface area contributed by atoms with E-state index in [2.05, 4.69) is 104 Å². The van der Waals surface area contributed by atoms with Gasteiger partial charge in [0.1, 0.15) is 13.2 Å². The van der Waals surface area contributed by atoms with Crippen molar-refractivity contribution in [2.45, 2.75) is 302 Å². The second-order valence-corrected chi connectivity index (χ2v) is 24.6. The fourth-order valence-corrected chi connectivity index (χ4v) is 10.1. The maximum Gasteiger partial charge on any atom is 0.472 e. The molecule has 3 unspecified atom stereocenters. The summed E-state index contributed by atoms with van der Waals surface area (Å²) in [6.45, 7) is 4.78. The highest BCUT2D eigenvalue weighted by Crippen LogP contribution is 2.43. The van der Waals surface area contributed by atoms with Gasteiger partial charge in [-0.15, -0.1) is 0 Å². The van der Waals surface area contributed by atoms with Gasteiger partial charge >= 0.3 is 7.82 Å². The maximum absolute atomic E-state index is 13.0. The van der Waals surface area contributed by atoms with Gasteiger partial charge in [-0.2, -0.15) is 0 Å². The van der Waals surface area contributed by atoms with Crippen molar-refractivity contribution in [3.05, 3.63) is 85.1 Å². The predicted molar refractivity (Wildman–Crippen MR) is 336 cm³/mol. The molecule has 0 aliphatic carbocycles. The molecule has 0 aromatic carbocycles. The van der Waals surface area contributed by atoms with E-state index >= 15 is 0 Å². The summed E-state index contributed by atoms with van der Waals surface area (Å²) in [5.41, 5.74) is 0. The summed E-state index contributed by atoms with van der Waals surface area (Å²) in [5.74, 6) is -0.163. The number of phosphoric acid groups is 1. The van der Waals surface area contributed by atoms with E-state index in [1.165, 1.54) is 161 Å². The number of aliphatic hydroxyl groups excluding tert-OH is 1. The first-order chi connectivity index (χ1) is 37.5. The van der Waals surface area contributed by atoms with Crippen LogP contribution in [0, 0.1) is 0 Å². The summed E-state index contributed by atoms with van der Waals surface area (Å²) in [5, 5.41) is 14.1. The number of phosphoric ester groups is 1. The number of carbonyl (C=O) groups excluding carboxylic acids is 1. The Labute approximate surface area is 477 Å². The second kappa shape index (κ2) is 58.3. The van der Waals surface area contributed by atoms with Gasteiger partial charge in [-0.05, 0) is 70.6 Å². The van der Waals surface area contributed by atoms with E-state index < -0.39 is 20.0 Å². The first-order valence-electron chi connectivity index (χ1n) is 32.5. The number of hydrogen-bond acceptors (Lipinski definition) is 5. The molecular weight excluding hydrogens is 972 g/mol. The van der Waals surface area contributed by atoms with Crippen LogP contribution in [0.1, 0.15) is 290 Å². The highest BCUT2D eigenvalue weighted by molar-refractivity contribution is 7.47. The second-order valence-electron chi connectivity index (χ2n) is 23.1. The normalized spacial score (nSPS) is 14.3. The standard InChI is InChI=1S/C68H125N2O6P/c1-6-8-10-12-14-16-18-20-22-24-26-28-30-32-34-36-37-39-41-43-45-47-49-51-53-55-57-59-61-67(71)66(65-76-77(73,74)75-64-63-70(3,4)5)69-68(72)62-60-58-56-54-52-50-48-46-44-42-40-38-35-33-31-29-27-25-23-21-19-17-15-13-11-9-7-2/h9,11,15,17,21,23,27,29,33,35,40,42,46,48,66-67,71H,6-8,10,12-14,16,18-20,22,24-26,28,30-32,34,36-39,41,43-45,47,49-65H2,1-5H3,(H-,69,72,73,74)/p+1/b11-9-,17-15-,23-21-,29-27-,35-33-,42-40-,48-46-. The summed E-state index contributed by atoms with van der Waals surface area (Å²) in [6, 6.07) is -0.779. The number of allylic oxidation sites excluding steroid dienone is 14. The molecular formula is C68H126N2O6P+. The van der Waals surface area contributed by atoms with Crippen LogP contribution < -0.4 is 5.32 Å². The Morgan fingerprint density at radius 3 is 1.14 bits per heavy atom. The van der Waals surface area contributed by atoms with Crippen LogP contribution in [0.25, 0.3) is 0 Å². The number of amides is 1. The van der Waals surface area contributed by atoms with Gasteiger partial charge in [-0.25, -0.2) is 4.57 Å². The number of quaternary nitrogens is 1. The molecule has 0 aromatic rings. The van der Waals surface area contributed by atoms with Crippen LogP contribution in [0.4, 0.5) is 0 Å². The highest BCUT2D eigenvalue weighted by atomic mass is 31.2. The van der Waals surface area contributed by atoms with Gasteiger partial charge in [-0.1, -0.05) is 298 Å². The molecule has 0 heterocycles. The van der Waals surface area contributed by atoms with Crippen LogP contribution in [0.5, 0.6) is 0 Å². The third-order valence-corrected chi connectivity index (χ3v) is 15.4. The molecule has 0 spiro atoms. The SMILES string of the molecule is CC/C=C\C/C=C\C/C=C\C/C=C\C/C=C\C/C=C\C/C=C\CCCCCCCC(=O)NC(COP(=O)(O)OCC[N+](C)(C)C)C(O)CCCCCCCCCCCCCCCCCCCCCCCCCCCCCC. The average Bonchev–Trinajstić information content (AvgIpc) is 3.39. The lowest BCUT2D eigenvalue weighted by Crippen LogP contribution is -2.46. The molecule has 0 saturated carbocycles. The Hall–Kier alpha value is -2.32. The number of unbranched alkanes of at least 4 members (excludes halogenated alkanes) is 32. The van der Waals surface area contributed by atoms with Crippen molar-refractivity contribution in [2.75, 3.05) is 40.9 Å². The van der Waals surface area contributed by atoms with E-state index in [-0.39, 0.29) is 19.1 Å². The van der Waals surface area contributed by atoms with Crippen LogP contribution in [0.3, 0.4) is 0 Å². The predicted octanol–water partition coefficient (Wildman–Crippen LogP) is 20.4. The summed E-state index contributed by atoms with van der Waals surface area (Å²) in [6.07, 6.45) is 82.3. The van der Waals surface area contributed by atoms with Crippen LogP contribution in [-0.4, -0.2) is 73.4 Å². The summed E-state index contributed by atoms with van der Waals surface area (Å²) >= 11 is 0. The number of aliphatic hydroxyl groups is 1. The minimum Gasteiger partial charge on any atom is -0.391 e. The Bertz CT molecular complexity index is 1530. The van der Waals surface area contributed by atoms with Gasteiger partial charge in [0.2, 0.25) is 5.91 Å². The number of rotatable bonds is 59. The van der Waals surface area contributed by atoms with Crippen molar-refractivity contribution < 1.29 is 32.9 Å². The lowest BCUT2D eigenvalue weighted by Gasteiger charge is -2.26. The molecule has 0 fully saturated rings. The van der Waals surface area contributed by atoms with Crippen molar-refractivity contribution >= 4 is 13.7 Å². The van der Waals surface area contributed by atoms with Gasteiger partial charge in [-0.3, -0.25) is 13.8 Å². The summed E-state index contributed by atoms with van der Waals surface area (Å²) in [4.78, 5) is 23.4. The van der Waals surface area contributed by atoms with Crippen molar-refractivity contribution in [3.8, 4) is 0 Å². The maximum atomic E-state index is 13.0. The molecule has 0 aliphatic heterocycles. The molecule has 0 aromatic heterocycles. The molecule has 3 atom stereocenters. The van der Waals surface area contributed by atoms with Crippen molar-refractivity contribution in [2.24, 2.45) is 0 Å². The summed E-state index contributed by atoms with van der Waals surface area (Å²) < 4.78 is 23.8. The Kier molecular flexibility index (Phi) is 56.6. The number of nitrogens with one attached hydrogen (secondary N) is 1. The number of carbonyl (C=O) groups is 1. The molecule has 0 aliphatic rings. The van der Waals surface area contributed by atoms with Gasteiger partial charge < -0.3 is 19.8 Å². The van der Waals surface area contributed by atoms with Crippen LogP contribution >= 0.6 is 7.82 Å². The number of nitrogens with zero attached hydrogens (tertiary/aromatic N) is 1. The largest absolute Gasteiger partial charge is 0.472 e. The molecule has 1 amide bonds. The zero-order chi connectivity index (χ0) is 56.3. The van der Waals surface area contributed by atoms with Gasteiger partial charge in [0.25, 0.3) is 0 Å². The highest BCUT2D eigenvalue weighted by Gasteiger charge is 2.28. The van der Waals surface area contributed by atoms with E-state index in [0.29, 0.717) is 23.9 Å². The topological polar surface area (TPSA) is 105 Å². The smallest absolute Gasteiger partial charge is 0.391 e. The van der Waals surface area contributed by atoms with Crippen molar-refractivity contribution in [1.82, 2.24) is 5.32 Å². The molecule has 3 N–H and O–H groups in total. The average molecular weight is 1100 g/mol. The fraction of sp³-hybridized carbons (Fsp3) is 0.779. The van der Waals surface area contributed by atoms with Gasteiger partial charge in [0.15, 0.2) is 0 Å². The van der Waals surface area contributed by atoms with E-state index in [4.69, 9.17) is 9.05 Å². The fourth-order valence-electron chi connectivity index (χ4n) is 9.38. The Balaban J connectivity index is 4.16. The molecule has 0 saturated heterocycles. The van der Waals surface area contributed by atoms with Crippen molar-refractivity contribution in [3.63, 3.8) is 0 Å². The van der Waals surface area contributed by atoms with Crippen molar-refractivity contribution in [1.29, 1.82) is 0 Å². The third kappa shape index (κ3) is 61.2. The lowest BCUT2D eigenvalue weighted by atomic mass is 10.0. The van der Waals surface area contributed by atoms with E-state index in [0.717, 1.165) is 103 Å². The van der Waals surface area contributed by atoms with Crippen LogP contribution in [0.2, 0.25) is 0 Å². The molecule has 8 nitrogen and oxygen atoms in total. The first kappa shape index (κ1) is 74.7. The summed E-state index contributed by atoms with van der Waals surface area (Å²) in [7, 11) is 1.60. The van der Waals surface area contributed by atoms with Gasteiger partial charge in [0, 0.05) is 6.42 Å². The Morgan fingerprint density at radius 1 is 0.455 bits per heavy atom. The number of hydrogen-bond donors (Lipinski definition) is 3. The molecule has 448 valence electrons. The molecule has 0 bridgehead atoms. The molecule has 9 heteroatoms. The van der Waals surface area contributed by atoms with Gasteiger partial charge in [0.05, 0.1) is 39.9 Å². The van der Waals surface area contributed by atoms with E-state index in [1.54, 1.807) is 0 Å². The van der Waals surface area contributed by atoms with Crippen LogP contribution in [-0.2, 0) is 18.4 Å². The molecule has 0 rings (SSSR count). The zero-order valence-electron chi connectivity index (χ0n) is 51.2. The van der Waals surface area contributed by atoms with E-state index in [1.807, 2.05) is 21.1 Å². The minimum atomic E-state index is -4.34. The third-order valence-electron chi connectivity index (χ3n) is 14.4. The molecule has 77 heavy (non-hydrogen) atoms. The van der Waals surface area contributed by atoms with E-state index in [9.17, 15) is 19.4 Å². The zero-order valence-corrected chi connectivity index (χ0v) is 52.1.